The third-order valence-corrected chi connectivity index (χ3v) is 5.97. The molecule has 3 heterocycles. The van der Waals surface area contributed by atoms with Gasteiger partial charge in [0.15, 0.2) is 5.75 Å². The van der Waals surface area contributed by atoms with Crippen molar-refractivity contribution in [2.75, 3.05) is 19.6 Å². The molecule has 0 saturated carbocycles. The van der Waals surface area contributed by atoms with Crippen molar-refractivity contribution in [3.63, 3.8) is 0 Å². The predicted molar refractivity (Wildman–Crippen MR) is 119 cm³/mol. The highest BCUT2D eigenvalue weighted by Gasteiger charge is 2.25. The zero-order valence-corrected chi connectivity index (χ0v) is 18.0. The summed E-state index contributed by atoms with van der Waals surface area (Å²) in [6.07, 6.45) is 3.70. The number of hydrogen-bond acceptors (Lipinski definition) is 4. The number of aryl methyl sites for hydroxylation is 1. The lowest BCUT2D eigenvalue weighted by molar-refractivity contribution is 0.163. The van der Waals surface area contributed by atoms with Gasteiger partial charge >= 0.3 is 0 Å². The Morgan fingerprint density at radius 3 is 2.61 bits per heavy atom. The van der Waals surface area contributed by atoms with E-state index in [9.17, 15) is 0 Å². The van der Waals surface area contributed by atoms with Gasteiger partial charge in [0.2, 0.25) is 0 Å². The van der Waals surface area contributed by atoms with Crippen molar-refractivity contribution in [1.29, 1.82) is 0 Å². The highest BCUT2D eigenvalue weighted by atomic mass is 35.5. The number of benzene rings is 1. The first kappa shape index (κ1) is 21.0. The Morgan fingerprint density at radius 2 is 1.86 bits per heavy atom. The summed E-state index contributed by atoms with van der Waals surface area (Å²) in [5.74, 6) is 1.59. The van der Waals surface area contributed by atoms with Crippen molar-refractivity contribution in [2.45, 2.75) is 39.3 Å². The highest BCUT2D eigenvalue weighted by Crippen LogP contribution is 2.27. The monoisotopic (exact) mass is 417 g/mol. The fraction of sp³-hybridized carbons (Fsp3) is 0.455. The Kier molecular flexibility index (Phi) is 7.27. The SMILES string of the molecule is Cc1ccc2c(n1)CN(CCC1CCN(Cc3ccccc3)CC1)C(=S)O2.Cl. The maximum absolute atomic E-state index is 5.81. The first-order valence-corrected chi connectivity index (χ1v) is 10.3. The number of aromatic nitrogens is 1. The molecule has 4 nitrogen and oxygen atoms in total. The second kappa shape index (κ2) is 9.68. The van der Waals surface area contributed by atoms with Crippen LogP contribution in [0.1, 0.15) is 36.2 Å². The van der Waals surface area contributed by atoms with E-state index in [-0.39, 0.29) is 12.4 Å². The molecule has 0 bridgehead atoms. The molecule has 150 valence electrons. The second-order valence-electron chi connectivity index (χ2n) is 7.68. The lowest BCUT2D eigenvalue weighted by atomic mass is 9.93. The van der Waals surface area contributed by atoms with Crippen LogP contribution >= 0.6 is 24.6 Å². The lowest BCUT2D eigenvalue weighted by Gasteiger charge is -2.34. The molecule has 6 heteroatoms. The third kappa shape index (κ3) is 5.22. The Balaban J connectivity index is 0.00000225. The van der Waals surface area contributed by atoms with E-state index in [0.717, 1.165) is 42.7 Å². The molecule has 2 aromatic rings. The molecule has 1 aromatic heterocycles. The average Bonchev–Trinajstić information content (AvgIpc) is 2.68. The first-order chi connectivity index (χ1) is 13.2. The number of pyridine rings is 1. The highest BCUT2D eigenvalue weighted by molar-refractivity contribution is 7.80. The average molecular weight is 418 g/mol. The summed E-state index contributed by atoms with van der Waals surface area (Å²) in [6.45, 7) is 7.17. The minimum absolute atomic E-state index is 0. The molecule has 0 atom stereocenters. The molecule has 0 aliphatic carbocycles. The molecule has 2 aliphatic heterocycles. The van der Waals surface area contributed by atoms with Crippen LogP contribution in [-0.2, 0) is 13.1 Å². The molecule has 0 amide bonds. The smallest absolute Gasteiger partial charge is 0.265 e. The van der Waals surface area contributed by atoms with E-state index in [0.29, 0.717) is 5.17 Å². The number of likely N-dealkylation sites (tertiary alicyclic amines) is 1. The molecule has 1 aromatic carbocycles. The van der Waals surface area contributed by atoms with Gasteiger partial charge in [0, 0.05) is 18.8 Å². The molecule has 28 heavy (non-hydrogen) atoms. The maximum atomic E-state index is 5.81. The number of ether oxygens (including phenoxy) is 1. The van der Waals surface area contributed by atoms with Crippen LogP contribution in [0, 0.1) is 12.8 Å². The predicted octanol–water partition coefficient (Wildman–Crippen LogP) is 4.59. The Morgan fingerprint density at radius 1 is 1.11 bits per heavy atom. The van der Waals surface area contributed by atoms with Gasteiger partial charge < -0.3 is 9.64 Å². The van der Waals surface area contributed by atoms with Gasteiger partial charge in [0.1, 0.15) is 5.69 Å². The van der Waals surface area contributed by atoms with Gasteiger partial charge in [-0.1, -0.05) is 30.3 Å². The van der Waals surface area contributed by atoms with E-state index in [1.807, 2.05) is 19.1 Å². The van der Waals surface area contributed by atoms with Crippen molar-refractivity contribution in [3.05, 3.63) is 59.4 Å². The Labute approximate surface area is 179 Å². The van der Waals surface area contributed by atoms with E-state index in [2.05, 4.69) is 45.1 Å². The summed E-state index contributed by atoms with van der Waals surface area (Å²) < 4.78 is 5.81. The van der Waals surface area contributed by atoms with E-state index < -0.39 is 0 Å². The van der Waals surface area contributed by atoms with E-state index in [1.165, 1.54) is 37.9 Å². The summed E-state index contributed by atoms with van der Waals surface area (Å²) in [7, 11) is 0. The number of halogens is 1. The van der Waals surface area contributed by atoms with Crippen LogP contribution in [0.15, 0.2) is 42.5 Å². The summed E-state index contributed by atoms with van der Waals surface area (Å²) in [6, 6.07) is 14.7. The molecule has 1 fully saturated rings. The molecular formula is C22H28ClN3OS. The van der Waals surface area contributed by atoms with Crippen LogP contribution in [0.4, 0.5) is 0 Å². The molecule has 4 rings (SSSR count). The van der Waals surface area contributed by atoms with E-state index >= 15 is 0 Å². The zero-order chi connectivity index (χ0) is 18.6. The lowest BCUT2D eigenvalue weighted by Crippen LogP contribution is -2.39. The van der Waals surface area contributed by atoms with E-state index in [4.69, 9.17) is 17.0 Å². The van der Waals surface area contributed by atoms with Crippen molar-refractivity contribution < 1.29 is 4.74 Å². The van der Waals surface area contributed by atoms with Gasteiger partial charge in [-0.15, -0.1) is 12.4 Å². The largest absolute Gasteiger partial charge is 0.430 e. The van der Waals surface area contributed by atoms with Crippen LogP contribution in [0.3, 0.4) is 0 Å². The quantitative estimate of drug-likeness (QED) is 0.663. The molecular weight excluding hydrogens is 390 g/mol. The van der Waals surface area contributed by atoms with Gasteiger partial charge in [-0.3, -0.25) is 9.88 Å². The van der Waals surface area contributed by atoms with Crippen LogP contribution in [-0.4, -0.2) is 39.6 Å². The zero-order valence-electron chi connectivity index (χ0n) is 16.3. The standard InChI is InChI=1S/C22H27N3OS.ClH/c1-17-7-8-21-20(23-17)16-25(22(27)26-21)14-11-18-9-12-24(13-10-18)15-19-5-3-2-4-6-19;/h2-8,18H,9-16H2,1H3;1H. The number of rotatable bonds is 5. The Hall–Kier alpha value is -1.69. The summed E-state index contributed by atoms with van der Waals surface area (Å²) in [5, 5.41) is 0.592. The fourth-order valence-electron chi connectivity index (χ4n) is 3.99. The van der Waals surface area contributed by atoms with Crippen LogP contribution < -0.4 is 4.74 Å². The van der Waals surface area contributed by atoms with Crippen LogP contribution in [0.25, 0.3) is 0 Å². The molecule has 0 unspecified atom stereocenters. The number of nitrogens with zero attached hydrogens (tertiary/aromatic N) is 3. The minimum atomic E-state index is 0. The topological polar surface area (TPSA) is 28.6 Å². The van der Waals surface area contributed by atoms with Gasteiger partial charge in [0.25, 0.3) is 5.17 Å². The maximum Gasteiger partial charge on any atom is 0.265 e. The normalized spacial score (nSPS) is 17.6. The molecule has 0 spiro atoms. The van der Waals surface area contributed by atoms with Gasteiger partial charge in [-0.05, 0) is 75.1 Å². The summed E-state index contributed by atoms with van der Waals surface area (Å²) in [5.41, 5.74) is 3.44. The van der Waals surface area contributed by atoms with Crippen LogP contribution in [0.2, 0.25) is 0 Å². The van der Waals surface area contributed by atoms with Crippen molar-refractivity contribution in [2.24, 2.45) is 5.92 Å². The number of piperidine rings is 1. The first-order valence-electron chi connectivity index (χ1n) is 9.87. The van der Waals surface area contributed by atoms with Crippen molar-refractivity contribution in [1.82, 2.24) is 14.8 Å². The molecule has 1 saturated heterocycles. The molecule has 0 radical (unpaired) electrons. The molecule has 0 N–H and O–H groups in total. The number of thiocarbonyl (C=S) groups is 1. The minimum Gasteiger partial charge on any atom is -0.430 e. The number of fused-ring (bicyclic) bond motifs is 1. The fourth-order valence-corrected chi connectivity index (χ4v) is 4.24. The molecule has 2 aliphatic rings. The van der Waals surface area contributed by atoms with Gasteiger partial charge in [-0.2, -0.15) is 0 Å². The summed E-state index contributed by atoms with van der Waals surface area (Å²) >= 11 is 5.46. The van der Waals surface area contributed by atoms with E-state index in [1.54, 1.807) is 0 Å². The van der Waals surface area contributed by atoms with Crippen molar-refractivity contribution >= 4 is 29.8 Å². The van der Waals surface area contributed by atoms with Gasteiger partial charge in [0.05, 0.1) is 6.54 Å². The van der Waals surface area contributed by atoms with Crippen molar-refractivity contribution in [3.8, 4) is 5.75 Å². The third-order valence-electron chi connectivity index (χ3n) is 5.63. The summed E-state index contributed by atoms with van der Waals surface area (Å²) in [4.78, 5) is 9.35. The van der Waals surface area contributed by atoms with Crippen LogP contribution in [0.5, 0.6) is 5.75 Å². The Bertz CT molecular complexity index is 794. The van der Waals surface area contributed by atoms with Gasteiger partial charge in [-0.25, -0.2) is 0 Å². The second-order valence-corrected chi connectivity index (χ2v) is 8.03. The number of hydrogen-bond donors (Lipinski definition) is 0.